The number of aromatic nitrogens is 3. The van der Waals surface area contributed by atoms with E-state index in [1.807, 2.05) is 19.2 Å². The molecule has 19 heavy (non-hydrogen) atoms. The van der Waals surface area contributed by atoms with E-state index in [1.54, 1.807) is 0 Å². The second-order valence-corrected chi connectivity index (χ2v) is 4.64. The molecule has 2 N–H and O–H groups in total. The van der Waals surface area contributed by atoms with E-state index in [1.165, 1.54) is 11.1 Å². The predicted octanol–water partition coefficient (Wildman–Crippen LogP) is 3.19. The minimum atomic E-state index is 0.766. The summed E-state index contributed by atoms with van der Waals surface area (Å²) in [5, 5.41) is 4.43. The van der Waals surface area contributed by atoms with Gasteiger partial charge in [-0.2, -0.15) is 0 Å². The third-order valence-electron chi connectivity index (χ3n) is 3.24. The lowest BCUT2D eigenvalue weighted by molar-refractivity contribution is 1.04. The van der Waals surface area contributed by atoms with Crippen LogP contribution >= 0.6 is 0 Å². The molecule has 0 saturated heterocycles. The van der Waals surface area contributed by atoms with Crippen molar-refractivity contribution in [3.63, 3.8) is 0 Å². The maximum Gasteiger partial charge on any atom is 0.143 e. The first kappa shape index (κ1) is 11.7. The molecule has 4 nitrogen and oxygen atoms in total. The Kier molecular flexibility index (Phi) is 2.91. The van der Waals surface area contributed by atoms with Crippen LogP contribution in [0.4, 0.5) is 5.82 Å². The fourth-order valence-electron chi connectivity index (χ4n) is 2.18. The van der Waals surface area contributed by atoms with E-state index >= 15 is 0 Å². The normalized spacial score (nSPS) is 10.8. The molecule has 0 aliphatic carbocycles. The molecule has 2 aromatic heterocycles. The predicted molar refractivity (Wildman–Crippen MR) is 77.1 cm³/mol. The lowest BCUT2D eigenvalue weighted by Gasteiger charge is -2.09. The fraction of sp³-hybridized carbons (Fsp3) is 0.200. The molecule has 3 aromatic rings. The number of anilines is 1. The third-order valence-corrected chi connectivity index (χ3v) is 3.24. The molecular formula is C15H16N4. The van der Waals surface area contributed by atoms with Crippen molar-refractivity contribution in [2.45, 2.75) is 20.4 Å². The summed E-state index contributed by atoms with van der Waals surface area (Å²) in [7, 11) is 0. The summed E-state index contributed by atoms with van der Waals surface area (Å²) < 4.78 is 0. The molecule has 0 aliphatic heterocycles. The molecule has 0 spiro atoms. The van der Waals surface area contributed by atoms with Gasteiger partial charge in [0.15, 0.2) is 0 Å². The van der Waals surface area contributed by atoms with Crippen molar-refractivity contribution in [1.29, 1.82) is 0 Å². The molecule has 0 saturated carbocycles. The summed E-state index contributed by atoms with van der Waals surface area (Å²) in [6.07, 6.45) is 1.89. The lowest BCUT2D eigenvalue weighted by Crippen LogP contribution is -2.04. The van der Waals surface area contributed by atoms with Gasteiger partial charge in [-0.05, 0) is 31.0 Å². The number of fused-ring (bicyclic) bond motifs is 1. The number of aromatic amines is 1. The zero-order chi connectivity index (χ0) is 13.2. The van der Waals surface area contributed by atoms with E-state index in [0.29, 0.717) is 0 Å². The molecule has 0 radical (unpaired) electrons. The van der Waals surface area contributed by atoms with Gasteiger partial charge in [0.05, 0.1) is 5.39 Å². The van der Waals surface area contributed by atoms with Crippen molar-refractivity contribution < 1.29 is 0 Å². The Balaban J connectivity index is 1.90. The van der Waals surface area contributed by atoms with Crippen molar-refractivity contribution in [2.75, 3.05) is 5.32 Å². The van der Waals surface area contributed by atoms with Crippen molar-refractivity contribution in [3.8, 4) is 0 Å². The van der Waals surface area contributed by atoms with E-state index < -0.39 is 0 Å². The van der Waals surface area contributed by atoms with Gasteiger partial charge in [-0.25, -0.2) is 9.97 Å². The monoisotopic (exact) mass is 252 g/mol. The molecule has 0 unspecified atom stereocenters. The summed E-state index contributed by atoms with van der Waals surface area (Å²) in [6.45, 7) is 4.79. The first-order chi connectivity index (χ1) is 9.24. The smallest absolute Gasteiger partial charge is 0.143 e. The second kappa shape index (κ2) is 4.72. The van der Waals surface area contributed by atoms with Crippen LogP contribution in [0.3, 0.4) is 0 Å². The van der Waals surface area contributed by atoms with Gasteiger partial charge in [0.2, 0.25) is 0 Å². The average molecular weight is 252 g/mol. The maximum absolute atomic E-state index is 4.48. The van der Waals surface area contributed by atoms with E-state index in [4.69, 9.17) is 0 Å². The molecule has 0 aliphatic rings. The number of aryl methyl sites for hydroxylation is 2. The van der Waals surface area contributed by atoms with Crippen LogP contribution in [0.25, 0.3) is 11.0 Å². The lowest BCUT2D eigenvalue weighted by atomic mass is 10.1. The summed E-state index contributed by atoms with van der Waals surface area (Å²) in [6, 6.07) is 10.4. The molecule has 0 amide bonds. The average Bonchev–Trinajstić information content (AvgIpc) is 2.85. The van der Waals surface area contributed by atoms with Crippen LogP contribution in [0, 0.1) is 13.8 Å². The summed E-state index contributed by atoms with van der Waals surface area (Å²) in [4.78, 5) is 12.0. The minimum absolute atomic E-state index is 0.766. The van der Waals surface area contributed by atoms with Gasteiger partial charge in [-0.15, -0.1) is 0 Å². The summed E-state index contributed by atoms with van der Waals surface area (Å²) in [5.41, 5.74) is 3.44. The van der Waals surface area contributed by atoms with Crippen LogP contribution in [-0.2, 0) is 6.54 Å². The maximum atomic E-state index is 4.48. The molecule has 0 atom stereocenters. The fourth-order valence-corrected chi connectivity index (χ4v) is 2.18. The highest BCUT2D eigenvalue weighted by atomic mass is 15.0. The molecule has 0 bridgehead atoms. The SMILES string of the molecule is Cc1nc(NCc2ccccc2C)c2cc[nH]c2n1. The molecule has 4 heteroatoms. The van der Waals surface area contributed by atoms with Crippen LogP contribution in [0.5, 0.6) is 0 Å². The quantitative estimate of drug-likeness (QED) is 0.752. The van der Waals surface area contributed by atoms with Crippen LogP contribution in [0.1, 0.15) is 17.0 Å². The van der Waals surface area contributed by atoms with Crippen molar-refractivity contribution in [1.82, 2.24) is 15.0 Å². The van der Waals surface area contributed by atoms with E-state index in [0.717, 1.165) is 29.2 Å². The van der Waals surface area contributed by atoms with Crippen molar-refractivity contribution in [3.05, 3.63) is 53.5 Å². The van der Waals surface area contributed by atoms with E-state index in [9.17, 15) is 0 Å². The molecular weight excluding hydrogens is 236 g/mol. The molecule has 1 aromatic carbocycles. The van der Waals surface area contributed by atoms with Crippen LogP contribution in [-0.4, -0.2) is 15.0 Å². The zero-order valence-corrected chi connectivity index (χ0v) is 11.1. The zero-order valence-electron chi connectivity index (χ0n) is 11.1. The Labute approximate surface area is 111 Å². The largest absolute Gasteiger partial charge is 0.365 e. The standard InChI is InChI=1S/C15H16N4/c1-10-5-3-4-6-12(10)9-17-15-13-7-8-16-14(13)18-11(2)19-15/h3-8H,9H2,1-2H3,(H2,16,17,18,19). The number of benzene rings is 1. The molecule has 3 rings (SSSR count). The number of nitrogens with zero attached hydrogens (tertiary/aromatic N) is 2. The van der Waals surface area contributed by atoms with Crippen LogP contribution in [0.15, 0.2) is 36.5 Å². The Morgan fingerprint density at radius 2 is 1.95 bits per heavy atom. The summed E-state index contributed by atoms with van der Waals surface area (Å²) in [5.74, 6) is 1.65. The minimum Gasteiger partial charge on any atom is -0.365 e. The van der Waals surface area contributed by atoms with Crippen molar-refractivity contribution >= 4 is 16.9 Å². The Morgan fingerprint density at radius 1 is 1.11 bits per heavy atom. The highest BCUT2D eigenvalue weighted by Crippen LogP contribution is 2.20. The topological polar surface area (TPSA) is 53.6 Å². The molecule has 0 fully saturated rings. The Bertz CT molecular complexity index is 715. The first-order valence-electron chi connectivity index (χ1n) is 6.34. The third kappa shape index (κ3) is 2.29. The number of nitrogens with one attached hydrogen (secondary N) is 2. The first-order valence-corrected chi connectivity index (χ1v) is 6.34. The Hall–Kier alpha value is -2.36. The van der Waals surface area contributed by atoms with Gasteiger partial charge < -0.3 is 10.3 Å². The number of hydrogen-bond donors (Lipinski definition) is 2. The number of H-pyrrole nitrogens is 1. The van der Waals surface area contributed by atoms with E-state index in [-0.39, 0.29) is 0 Å². The van der Waals surface area contributed by atoms with Gasteiger partial charge in [0.1, 0.15) is 17.3 Å². The Morgan fingerprint density at radius 3 is 2.79 bits per heavy atom. The second-order valence-electron chi connectivity index (χ2n) is 4.64. The van der Waals surface area contributed by atoms with Gasteiger partial charge >= 0.3 is 0 Å². The van der Waals surface area contributed by atoms with E-state index in [2.05, 4.69) is 51.5 Å². The molecule has 96 valence electrons. The van der Waals surface area contributed by atoms with Gasteiger partial charge in [0.25, 0.3) is 0 Å². The highest BCUT2D eigenvalue weighted by molar-refractivity contribution is 5.86. The molecule has 2 heterocycles. The van der Waals surface area contributed by atoms with Gasteiger partial charge in [0, 0.05) is 12.7 Å². The van der Waals surface area contributed by atoms with Gasteiger partial charge in [-0.1, -0.05) is 24.3 Å². The summed E-state index contributed by atoms with van der Waals surface area (Å²) >= 11 is 0. The van der Waals surface area contributed by atoms with Crippen LogP contribution in [0.2, 0.25) is 0 Å². The van der Waals surface area contributed by atoms with Gasteiger partial charge in [-0.3, -0.25) is 0 Å². The van der Waals surface area contributed by atoms with Crippen molar-refractivity contribution in [2.24, 2.45) is 0 Å². The number of rotatable bonds is 3. The highest BCUT2D eigenvalue weighted by Gasteiger charge is 2.06. The number of hydrogen-bond acceptors (Lipinski definition) is 3. The van der Waals surface area contributed by atoms with Crippen LogP contribution < -0.4 is 5.32 Å².